The van der Waals surface area contributed by atoms with Gasteiger partial charge in [0.1, 0.15) is 73.2 Å². The zero-order valence-corrected chi connectivity index (χ0v) is 44.6. The predicted octanol–water partition coefficient (Wildman–Crippen LogP) is 4.04. The van der Waals surface area contributed by atoms with Crippen molar-refractivity contribution < 1.29 is 89.4 Å². The number of hydrogen-bond donors (Lipinski definition) is 12. The zero-order valence-electron chi connectivity index (χ0n) is 44.6. The van der Waals surface area contributed by atoms with Crippen LogP contribution in [0.5, 0.6) is 0 Å². The number of amides is 1. The molecule has 3 aliphatic heterocycles. The monoisotopic (exact) mass is 1050 g/mol. The molecule has 19 nitrogen and oxygen atoms in total. The fourth-order valence-corrected chi connectivity index (χ4v) is 10.1. The molecule has 0 bridgehead atoms. The van der Waals surface area contributed by atoms with E-state index in [0.29, 0.717) is 12.8 Å². The summed E-state index contributed by atoms with van der Waals surface area (Å²) in [6, 6.07) is -0.876. The topological polar surface area (TPSA) is 307 Å². The summed E-state index contributed by atoms with van der Waals surface area (Å²) in [6.45, 7) is 1.61. The Balaban J connectivity index is 1.36. The van der Waals surface area contributed by atoms with Gasteiger partial charge in [-0.25, -0.2) is 0 Å². The van der Waals surface area contributed by atoms with Crippen molar-refractivity contribution in [3.63, 3.8) is 0 Å². The molecule has 0 spiro atoms. The molecule has 3 aliphatic rings. The molecule has 0 aromatic heterocycles. The third kappa shape index (κ3) is 24.1. The Hall–Kier alpha value is -1.21. The Morgan fingerprint density at radius 1 is 0.438 bits per heavy atom. The molecule has 0 aromatic carbocycles. The summed E-state index contributed by atoms with van der Waals surface area (Å²) >= 11 is 0. The average Bonchev–Trinajstić information content (AvgIpc) is 3.38. The van der Waals surface area contributed by atoms with Crippen LogP contribution >= 0.6 is 0 Å². The summed E-state index contributed by atoms with van der Waals surface area (Å²) in [5.74, 6) is -0.266. The lowest BCUT2D eigenvalue weighted by Gasteiger charge is -2.48. The summed E-state index contributed by atoms with van der Waals surface area (Å²) in [5.41, 5.74) is 0. The van der Waals surface area contributed by atoms with Gasteiger partial charge in [0, 0.05) is 6.42 Å². The van der Waals surface area contributed by atoms with Crippen LogP contribution in [0.4, 0.5) is 0 Å². The largest absolute Gasteiger partial charge is 0.394 e. The average molecular weight is 1050 g/mol. The van der Waals surface area contributed by atoms with E-state index in [1.807, 2.05) is 6.92 Å². The third-order valence-electron chi connectivity index (χ3n) is 14.9. The van der Waals surface area contributed by atoms with Gasteiger partial charge in [0.15, 0.2) is 18.9 Å². The van der Waals surface area contributed by atoms with Crippen molar-refractivity contribution in [1.29, 1.82) is 0 Å². The number of aliphatic hydroxyl groups excluding tert-OH is 11. The summed E-state index contributed by atoms with van der Waals surface area (Å²) in [4.78, 5) is 12.9. The van der Waals surface area contributed by atoms with E-state index in [1.165, 1.54) is 135 Å². The van der Waals surface area contributed by atoms with Crippen LogP contribution in [0.15, 0.2) is 0 Å². The van der Waals surface area contributed by atoms with Crippen molar-refractivity contribution in [2.75, 3.05) is 26.4 Å². The van der Waals surface area contributed by atoms with Gasteiger partial charge >= 0.3 is 0 Å². The molecule has 3 fully saturated rings. The summed E-state index contributed by atoms with van der Waals surface area (Å²) in [7, 11) is 0. The summed E-state index contributed by atoms with van der Waals surface area (Å²) in [5, 5.41) is 119. The quantitative estimate of drug-likeness (QED) is 0.0384. The molecule has 17 unspecified atom stereocenters. The molecule has 17 atom stereocenters. The number of carbonyl (C=O) groups excluding carboxylic acids is 1. The van der Waals surface area contributed by atoms with Crippen LogP contribution in [0.25, 0.3) is 0 Å². The number of hydrogen-bond acceptors (Lipinski definition) is 18. The van der Waals surface area contributed by atoms with Crippen molar-refractivity contribution in [3.8, 4) is 0 Å². The first-order chi connectivity index (χ1) is 35.3. The number of ether oxygens (including phenoxy) is 6. The van der Waals surface area contributed by atoms with Crippen LogP contribution in [0.2, 0.25) is 0 Å². The van der Waals surface area contributed by atoms with Crippen molar-refractivity contribution in [3.05, 3.63) is 0 Å². The molecule has 3 heterocycles. The van der Waals surface area contributed by atoms with Crippen LogP contribution in [-0.4, -0.2) is 193 Å². The van der Waals surface area contributed by atoms with Crippen LogP contribution in [0.3, 0.4) is 0 Å². The molecule has 0 aliphatic carbocycles. The standard InChI is InChI=1S/C54H103NO18/c1-3-5-7-8-9-10-11-12-13-14-15-16-17-18-19-20-21-22-23-24-25-26-27-28-30-31-38(59)37(55-42(60)32-29-6-4-2)36-68-52-48(66)45(63)50(40(34-57)70-52)73-54-49(67)46(64)51(41(35-58)71-54)72-53-47(65)44(62)43(61)39(33-56)69-53/h37-41,43-54,56-59,61-67H,3-36H2,1-2H3,(H,55,60). The van der Waals surface area contributed by atoms with Crippen LogP contribution in [0, 0.1) is 0 Å². The molecule has 12 N–H and O–H groups in total. The Kier molecular flexibility index (Phi) is 35.5. The van der Waals surface area contributed by atoms with Crippen molar-refractivity contribution in [2.45, 2.75) is 311 Å². The van der Waals surface area contributed by atoms with E-state index in [1.54, 1.807) is 0 Å². The minimum absolute atomic E-state index is 0.255. The highest BCUT2D eigenvalue weighted by atomic mass is 16.8. The molecule has 0 saturated carbocycles. The van der Waals surface area contributed by atoms with E-state index >= 15 is 0 Å². The van der Waals surface area contributed by atoms with E-state index in [-0.39, 0.29) is 18.9 Å². The molecular formula is C54H103NO18. The number of rotatable bonds is 42. The fourth-order valence-electron chi connectivity index (χ4n) is 10.1. The van der Waals surface area contributed by atoms with E-state index < -0.39 is 124 Å². The highest BCUT2D eigenvalue weighted by Gasteiger charge is 2.53. The Morgan fingerprint density at radius 3 is 1.19 bits per heavy atom. The Labute approximate surface area is 436 Å². The zero-order chi connectivity index (χ0) is 53.4. The lowest BCUT2D eigenvalue weighted by molar-refractivity contribution is -0.379. The van der Waals surface area contributed by atoms with Gasteiger partial charge in [-0.2, -0.15) is 0 Å². The van der Waals surface area contributed by atoms with Crippen molar-refractivity contribution in [2.24, 2.45) is 0 Å². The minimum atomic E-state index is -1.97. The molecule has 3 rings (SSSR count). The van der Waals surface area contributed by atoms with Gasteiger partial charge in [0.2, 0.25) is 5.91 Å². The molecule has 19 heteroatoms. The second-order valence-corrected chi connectivity index (χ2v) is 21.1. The highest BCUT2D eigenvalue weighted by molar-refractivity contribution is 5.76. The smallest absolute Gasteiger partial charge is 0.220 e. The number of carbonyl (C=O) groups is 1. The van der Waals surface area contributed by atoms with Crippen LogP contribution in [-0.2, 0) is 33.2 Å². The first-order valence-electron chi connectivity index (χ1n) is 28.8. The number of unbranched alkanes of at least 4 members (excludes halogenated alkanes) is 26. The van der Waals surface area contributed by atoms with Gasteiger partial charge in [0.05, 0.1) is 38.6 Å². The normalized spacial score (nSPS) is 31.7. The van der Waals surface area contributed by atoms with Gasteiger partial charge in [-0.3, -0.25) is 4.79 Å². The lowest BCUT2D eigenvalue weighted by atomic mass is 9.96. The first-order valence-corrected chi connectivity index (χ1v) is 28.8. The second kappa shape index (κ2) is 39.2. The molecule has 0 aromatic rings. The van der Waals surface area contributed by atoms with E-state index in [0.717, 1.165) is 38.5 Å². The minimum Gasteiger partial charge on any atom is -0.394 e. The Bertz CT molecular complexity index is 1350. The second-order valence-electron chi connectivity index (χ2n) is 21.1. The first kappa shape index (κ1) is 66.1. The fraction of sp³-hybridized carbons (Fsp3) is 0.981. The van der Waals surface area contributed by atoms with E-state index in [9.17, 15) is 61.0 Å². The Morgan fingerprint density at radius 2 is 0.781 bits per heavy atom. The highest BCUT2D eigenvalue weighted by Crippen LogP contribution is 2.33. The van der Waals surface area contributed by atoms with Crippen LogP contribution in [0.1, 0.15) is 206 Å². The molecule has 73 heavy (non-hydrogen) atoms. The van der Waals surface area contributed by atoms with Gasteiger partial charge in [0.25, 0.3) is 0 Å². The predicted molar refractivity (Wildman–Crippen MR) is 273 cm³/mol. The molecule has 432 valence electrons. The van der Waals surface area contributed by atoms with Crippen molar-refractivity contribution in [1.82, 2.24) is 5.32 Å². The van der Waals surface area contributed by atoms with Gasteiger partial charge in [-0.05, 0) is 12.8 Å². The SMILES string of the molecule is CCCCCCCCCCCCCCCCCCCCCCCCCCCC(O)C(COC1OC(CO)C(OC2OC(CO)C(OC3OC(CO)C(O)C(O)C3O)C(O)C2O)C(O)C1O)NC(=O)CCCCC. The number of aliphatic hydroxyl groups is 11. The third-order valence-corrected chi connectivity index (χ3v) is 14.9. The number of nitrogens with one attached hydrogen (secondary N) is 1. The maximum Gasteiger partial charge on any atom is 0.220 e. The van der Waals surface area contributed by atoms with Gasteiger partial charge in [-0.15, -0.1) is 0 Å². The van der Waals surface area contributed by atoms with E-state index in [4.69, 9.17) is 28.4 Å². The van der Waals surface area contributed by atoms with Gasteiger partial charge < -0.3 is 89.9 Å². The molecule has 3 saturated heterocycles. The molecular weight excluding hydrogens is 951 g/mol. The molecule has 0 radical (unpaired) electrons. The van der Waals surface area contributed by atoms with Crippen molar-refractivity contribution >= 4 is 5.91 Å². The summed E-state index contributed by atoms with van der Waals surface area (Å²) < 4.78 is 34.1. The maximum atomic E-state index is 12.9. The van der Waals surface area contributed by atoms with E-state index in [2.05, 4.69) is 12.2 Å². The van der Waals surface area contributed by atoms with Crippen LogP contribution < -0.4 is 5.32 Å². The molecule has 1 amide bonds. The lowest BCUT2D eigenvalue weighted by Crippen LogP contribution is -2.66. The maximum absolute atomic E-state index is 12.9. The van der Waals surface area contributed by atoms with Gasteiger partial charge in [-0.1, -0.05) is 187 Å². The summed E-state index contributed by atoms with van der Waals surface area (Å²) in [6.07, 6.45) is 9.03.